The minimum absolute atomic E-state index is 0.233. The summed E-state index contributed by atoms with van der Waals surface area (Å²) in [5, 5.41) is 11.6. The Bertz CT molecular complexity index is 921. The molecule has 0 spiro atoms. The second-order valence-electron chi connectivity index (χ2n) is 6.60. The normalized spacial score (nSPS) is 22.2. The molecule has 0 aliphatic carbocycles. The number of ether oxygens (including phenoxy) is 2. The van der Waals surface area contributed by atoms with Crippen LogP contribution in [0.25, 0.3) is 11.0 Å². The number of hydrogen-bond donors (Lipinski definition) is 1. The predicted octanol–water partition coefficient (Wildman–Crippen LogP) is 2.88. The van der Waals surface area contributed by atoms with Gasteiger partial charge in [0.2, 0.25) is 0 Å². The first-order valence-corrected chi connectivity index (χ1v) is 8.02. The Morgan fingerprint density at radius 3 is 2.64 bits per heavy atom. The van der Waals surface area contributed by atoms with Crippen molar-refractivity contribution in [2.75, 3.05) is 0 Å². The molecule has 0 unspecified atom stereocenters. The van der Waals surface area contributed by atoms with Crippen LogP contribution in [-0.2, 0) is 9.53 Å². The van der Waals surface area contributed by atoms with Crippen molar-refractivity contribution in [3.8, 4) is 5.75 Å². The molecule has 0 bridgehead atoms. The molecule has 2 heterocycles. The standard InChI is InChI=1S/C19H20O6/c1-5-10(2)18(22)24-17-15(21)14-12(25-19(17,3)4)8-6-11-7-9-13(20)23-16(11)14/h5-9,15,17,21H,1-4H3/b10-5-/t15-,17-/m1/s1. The average molecular weight is 344 g/mol. The van der Waals surface area contributed by atoms with E-state index >= 15 is 0 Å². The Kier molecular flexibility index (Phi) is 4.16. The van der Waals surface area contributed by atoms with Gasteiger partial charge in [-0.3, -0.25) is 0 Å². The minimum Gasteiger partial charge on any atom is -0.483 e. The summed E-state index contributed by atoms with van der Waals surface area (Å²) in [6, 6.07) is 6.37. The molecule has 3 rings (SSSR count). The van der Waals surface area contributed by atoms with Gasteiger partial charge in [0.1, 0.15) is 23.0 Å². The van der Waals surface area contributed by atoms with Gasteiger partial charge in [-0.15, -0.1) is 0 Å². The smallest absolute Gasteiger partial charge is 0.336 e. The zero-order valence-electron chi connectivity index (χ0n) is 14.5. The number of carbonyl (C=O) groups is 1. The van der Waals surface area contributed by atoms with Gasteiger partial charge in [0.25, 0.3) is 0 Å². The third kappa shape index (κ3) is 2.93. The van der Waals surface area contributed by atoms with Crippen molar-refractivity contribution >= 4 is 16.9 Å². The fraction of sp³-hybridized carbons (Fsp3) is 0.368. The van der Waals surface area contributed by atoms with Crippen LogP contribution >= 0.6 is 0 Å². The van der Waals surface area contributed by atoms with E-state index in [0.717, 1.165) is 0 Å². The molecule has 0 radical (unpaired) electrons. The lowest BCUT2D eigenvalue weighted by Gasteiger charge is -2.42. The summed E-state index contributed by atoms with van der Waals surface area (Å²) in [4.78, 5) is 23.8. The maximum absolute atomic E-state index is 12.2. The summed E-state index contributed by atoms with van der Waals surface area (Å²) in [6.07, 6.45) is -0.520. The molecule has 0 fully saturated rings. The zero-order valence-corrected chi connectivity index (χ0v) is 14.5. The molecule has 25 heavy (non-hydrogen) atoms. The highest BCUT2D eigenvalue weighted by Crippen LogP contribution is 2.44. The summed E-state index contributed by atoms with van der Waals surface area (Å²) in [5.74, 6) is -0.136. The van der Waals surface area contributed by atoms with Gasteiger partial charge < -0.3 is 19.0 Å². The fourth-order valence-corrected chi connectivity index (χ4v) is 2.91. The number of fused-ring (bicyclic) bond motifs is 3. The van der Waals surface area contributed by atoms with Crippen LogP contribution in [0.3, 0.4) is 0 Å². The highest BCUT2D eigenvalue weighted by atomic mass is 16.6. The molecule has 132 valence electrons. The van der Waals surface area contributed by atoms with Gasteiger partial charge in [-0.1, -0.05) is 6.08 Å². The van der Waals surface area contributed by atoms with E-state index < -0.39 is 29.4 Å². The quantitative estimate of drug-likeness (QED) is 0.512. The summed E-state index contributed by atoms with van der Waals surface area (Å²) < 4.78 is 16.7. The maximum atomic E-state index is 12.2. The number of allylic oxidation sites excluding steroid dienone is 1. The third-order valence-electron chi connectivity index (χ3n) is 4.42. The van der Waals surface area contributed by atoms with E-state index in [1.54, 1.807) is 52.0 Å². The monoisotopic (exact) mass is 344 g/mol. The van der Waals surface area contributed by atoms with Crippen molar-refractivity contribution < 1.29 is 23.8 Å². The van der Waals surface area contributed by atoms with Gasteiger partial charge in [-0.25, -0.2) is 9.59 Å². The van der Waals surface area contributed by atoms with Crippen LogP contribution in [0.15, 0.2) is 45.1 Å². The largest absolute Gasteiger partial charge is 0.483 e. The van der Waals surface area contributed by atoms with Crippen molar-refractivity contribution in [1.29, 1.82) is 0 Å². The van der Waals surface area contributed by atoms with Crippen LogP contribution in [0.1, 0.15) is 39.4 Å². The Hall–Kier alpha value is -2.60. The average Bonchev–Trinajstić information content (AvgIpc) is 2.56. The van der Waals surface area contributed by atoms with Gasteiger partial charge in [0.15, 0.2) is 6.10 Å². The first-order chi connectivity index (χ1) is 11.7. The molecule has 1 aliphatic heterocycles. The first kappa shape index (κ1) is 17.2. The van der Waals surface area contributed by atoms with Crippen molar-refractivity contribution in [3.63, 3.8) is 0 Å². The Morgan fingerprint density at radius 2 is 1.96 bits per heavy atom. The molecular weight excluding hydrogens is 324 g/mol. The number of rotatable bonds is 2. The molecule has 2 aromatic rings. The van der Waals surface area contributed by atoms with Crippen LogP contribution in [0, 0.1) is 0 Å². The Balaban J connectivity index is 2.12. The van der Waals surface area contributed by atoms with E-state index in [9.17, 15) is 14.7 Å². The molecular formula is C19H20O6. The van der Waals surface area contributed by atoms with Gasteiger partial charge in [0.05, 0.1) is 5.56 Å². The van der Waals surface area contributed by atoms with Gasteiger partial charge >= 0.3 is 11.6 Å². The number of aliphatic hydroxyl groups is 1. The second kappa shape index (κ2) is 6.04. The van der Waals surface area contributed by atoms with Gasteiger partial charge in [0, 0.05) is 17.0 Å². The van der Waals surface area contributed by atoms with E-state index in [1.807, 2.05) is 0 Å². The summed E-state index contributed by atoms with van der Waals surface area (Å²) in [7, 11) is 0. The highest BCUT2D eigenvalue weighted by molar-refractivity contribution is 5.88. The SMILES string of the molecule is C/C=C(/C)C(=O)O[C@@H]1[C@H](O)c2c(ccc3ccc(=O)oc23)OC1(C)C. The second-order valence-corrected chi connectivity index (χ2v) is 6.60. The van der Waals surface area contributed by atoms with E-state index in [2.05, 4.69) is 0 Å². The number of esters is 1. The molecule has 1 aromatic heterocycles. The predicted molar refractivity (Wildman–Crippen MR) is 91.5 cm³/mol. The lowest BCUT2D eigenvalue weighted by molar-refractivity contribution is -0.173. The molecule has 6 nitrogen and oxygen atoms in total. The summed E-state index contributed by atoms with van der Waals surface area (Å²) >= 11 is 0. The number of carbonyl (C=O) groups excluding carboxylic acids is 1. The maximum Gasteiger partial charge on any atom is 0.336 e. The zero-order chi connectivity index (χ0) is 18.4. The van der Waals surface area contributed by atoms with Crippen molar-refractivity contribution in [2.24, 2.45) is 0 Å². The summed E-state index contributed by atoms with van der Waals surface area (Å²) in [6.45, 7) is 6.82. The Morgan fingerprint density at radius 1 is 1.28 bits per heavy atom. The van der Waals surface area contributed by atoms with Crippen molar-refractivity contribution in [3.05, 3.63) is 51.9 Å². The molecule has 2 atom stereocenters. The van der Waals surface area contributed by atoms with E-state index in [1.165, 1.54) is 6.07 Å². The van der Waals surface area contributed by atoms with Crippen LogP contribution in [-0.4, -0.2) is 22.8 Å². The van der Waals surface area contributed by atoms with Crippen LogP contribution in [0.2, 0.25) is 0 Å². The van der Waals surface area contributed by atoms with E-state index in [-0.39, 0.29) is 5.58 Å². The molecule has 6 heteroatoms. The third-order valence-corrected chi connectivity index (χ3v) is 4.42. The van der Waals surface area contributed by atoms with Crippen molar-refractivity contribution in [1.82, 2.24) is 0 Å². The molecule has 0 amide bonds. The molecule has 0 saturated carbocycles. The van der Waals surface area contributed by atoms with Crippen LogP contribution in [0.5, 0.6) is 5.75 Å². The number of benzene rings is 1. The molecule has 1 aromatic carbocycles. The molecule has 1 N–H and O–H groups in total. The first-order valence-electron chi connectivity index (χ1n) is 8.02. The minimum atomic E-state index is -1.19. The Labute approximate surface area is 144 Å². The van der Waals surface area contributed by atoms with Gasteiger partial charge in [-0.05, 0) is 45.9 Å². The van der Waals surface area contributed by atoms with Gasteiger partial charge in [-0.2, -0.15) is 0 Å². The summed E-state index contributed by atoms with van der Waals surface area (Å²) in [5.41, 5.74) is -0.518. The molecule has 1 aliphatic rings. The lowest BCUT2D eigenvalue weighted by atomic mass is 9.87. The fourth-order valence-electron chi connectivity index (χ4n) is 2.91. The number of aliphatic hydroxyl groups excluding tert-OH is 1. The lowest BCUT2D eigenvalue weighted by Crippen LogP contribution is -2.51. The number of hydrogen-bond acceptors (Lipinski definition) is 6. The van der Waals surface area contributed by atoms with Crippen LogP contribution in [0.4, 0.5) is 0 Å². The highest BCUT2D eigenvalue weighted by Gasteiger charge is 2.47. The van der Waals surface area contributed by atoms with Crippen LogP contribution < -0.4 is 10.4 Å². The van der Waals surface area contributed by atoms with Crippen molar-refractivity contribution in [2.45, 2.75) is 45.5 Å². The van der Waals surface area contributed by atoms with E-state index in [0.29, 0.717) is 22.3 Å². The molecule has 0 saturated heterocycles. The topological polar surface area (TPSA) is 86.0 Å². The van der Waals surface area contributed by atoms with E-state index in [4.69, 9.17) is 13.9 Å².